The first-order valence-electron chi connectivity index (χ1n) is 6.17. The Morgan fingerprint density at radius 1 is 1.32 bits per heavy atom. The van der Waals surface area contributed by atoms with E-state index in [1.807, 2.05) is 19.9 Å². The number of nitrogens with one attached hydrogen (secondary N) is 1. The van der Waals surface area contributed by atoms with Crippen molar-refractivity contribution >= 4 is 0 Å². The normalized spacial score (nSPS) is 11.9. The Morgan fingerprint density at radius 3 is 2.58 bits per heavy atom. The average molecular weight is 276 g/mol. The van der Waals surface area contributed by atoms with Gasteiger partial charge in [-0.15, -0.1) is 0 Å². The first-order valence-corrected chi connectivity index (χ1v) is 6.17. The number of nitrogens with zero attached hydrogens (tertiary/aromatic N) is 1. The van der Waals surface area contributed by atoms with Crippen molar-refractivity contribution in [2.75, 3.05) is 6.61 Å². The number of hydrogen-bond acceptors (Lipinski definition) is 3. The van der Waals surface area contributed by atoms with Gasteiger partial charge < -0.3 is 10.1 Å². The molecule has 0 atom stereocenters. The molecule has 0 spiro atoms. The van der Waals surface area contributed by atoms with Gasteiger partial charge in [0, 0.05) is 24.3 Å². The molecule has 0 radical (unpaired) electrons. The van der Waals surface area contributed by atoms with Gasteiger partial charge in [-0.2, -0.15) is 13.2 Å². The Labute approximate surface area is 111 Å². The number of hydrogen-bond donors (Lipinski definition) is 1. The molecule has 0 aliphatic rings. The van der Waals surface area contributed by atoms with E-state index in [-0.39, 0.29) is 5.88 Å². The van der Waals surface area contributed by atoms with E-state index in [9.17, 15) is 13.2 Å². The third kappa shape index (κ3) is 7.00. The lowest BCUT2D eigenvalue weighted by Gasteiger charge is -2.12. The molecule has 19 heavy (non-hydrogen) atoms. The summed E-state index contributed by atoms with van der Waals surface area (Å²) in [5, 5.41) is 3.23. The lowest BCUT2D eigenvalue weighted by molar-refractivity contribution is -0.139. The summed E-state index contributed by atoms with van der Waals surface area (Å²) in [4.78, 5) is 4.06. The summed E-state index contributed by atoms with van der Waals surface area (Å²) in [7, 11) is 0. The number of halogens is 3. The predicted molar refractivity (Wildman–Crippen MR) is 67.1 cm³/mol. The van der Waals surface area contributed by atoms with Crippen molar-refractivity contribution < 1.29 is 17.9 Å². The highest BCUT2D eigenvalue weighted by atomic mass is 19.4. The first kappa shape index (κ1) is 15.8. The molecule has 0 saturated heterocycles. The van der Waals surface area contributed by atoms with Crippen LogP contribution >= 0.6 is 0 Å². The van der Waals surface area contributed by atoms with Crippen LogP contribution in [0, 0.1) is 6.92 Å². The van der Waals surface area contributed by atoms with Crippen LogP contribution in [-0.4, -0.2) is 23.8 Å². The minimum Gasteiger partial charge on any atom is -0.477 e. The topological polar surface area (TPSA) is 34.1 Å². The number of alkyl halides is 3. The number of ether oxygens (including phenoxy) is 1. The van der Waals surface area contributed by atoms with E-state index in [1.165, 1.54) is 0 Å². The minimum atomic E-state index is -4.20. The van der Waals surface area contributed by atoms with Gasteiger partial charge in [0.1, 0.15) is 0 Å². The molecule has 3 nitrogen and oxygen atoms in total. The van der Waals surface area contributed by atoms with E-state index in [2.05, 4.69) is 10.3 Å². The summed E-state index contributed by atoms with van der Waals surface area (Å²) >= 11 is 0. The van der Waals surface area contributed by atoms with Crippen molar-refractivity contribution in [1.29, 1.82) is 0 Å². The number of rotatable bonds is 6. The van der Waals surface area contributed by atoms with Crippen molar-refractivity contribution in [3.63, 3.8) is 0 Å². The van der Waals surface area contributed by atoms with Crippen LogP contribution in [-0.2, 0) is 6.54 Å². The molecule has 6 heteroatoms. The van der Waals surface area contributed by atoms with E-state index in [0.29, 0.717) is 12.6 Å². The van der Waals surface area contributed by atoms with E-state index in [4.69, 9.17) is 4.74 Å². The van der Waals surface area contributed by atoms with Crippen molar-refractivity contribution in [1.82, 2.24) is 10.3 Å². The van der Waals surface area contributed by atoms with Crippen LogP contribution in [0.15, 0.2) is 12.1 Å². The zero-order chi connectivity index (χ0) is 14.5. The van der Waals surface area contributed by atoms with Crippen LogP contribution in [0.5, 0.6) is 5.88 Å². The maximum atomic E-state index is 12.0. The molecule has 108 valence electrons. The highest BCUT2D eigenvalue weighted by Gasteiger charge is 2.26. The van der Waals surface area contributed by atoms with Gasteiger partial charge in [0.15, 0.2) is 0 Å². The lowest BCUT2D eigenvalue weighted by Crippen LogP contribution is -2.22. The molecule has 1 heterocycles. The molecule has 0 bridgehead atoms. The molecule has 0 aromatic carbocycles. The van der Waals surface area contributed by atoms with E-state index < -0.39 is 19.2 Å². The van der Waals surface area contributed by atoms with Gasteiger partial charge in [0.05, 0.1) is 13.0 Å². The second-order valence-electron chi connectivity index (χ2n) is 4.70. The van der Waals surface area contributed by atoms with E-state index in [0.717, 1.165) is 11.3 Å². The fraction of sp³-hybridized carbons (Fsp3) is 0.615. The highest BCUT2D eigenvalue weighted by Crippen LogP contribution is 2.20. The molecule has 0 fully saturated rings. The van der Waals surface area contributed by atoms with Gasteiger partial charge in [-0.3, -0.25) is 0 Å². The number of aromatic nitrogens is 1. The number of aryl methyl sites for hydroxylation is 1. The Hall–Kier alpha value is -1.30. The summed E-state index contributed by atoms with van der Waals surface area (Å²) in [6, 6.07) is 3.88. The average Bonchev–Trinajstić information content (AvgIpc) is 2.24. The van der Waals surface area contributed by atoms with E-state index in [1.54, 1.807) is 13.0 Å². The van der Waals surface area contributed by atoms with E-state index >= 15 is 0 Å². The van der Waals surface area contributed by atoms with Gasteiger partial charge in [0.2, 0.25) is 5.88 Å². The Balaban J connectivity index is 2.58. The van der Waals surface area contributed by atoms with Crippen LogP contribution in [0.4, 0.5) is 13.2 Å². The molecule has 0 aliphatic heterocycles. The Morgan fingerprint density at radius 2 is 2.00 bits per heavy atom. The van der Waals surface area contributed by atoms with Gasteiger partial charge in [0.25, 0.3) is 0 Å². The van der Waals surface area contributed by atoms with Crippen LogP contribution in [0.3, 0.4) is 0 Å². The SMILES string of the molecule is Cc1cc(CNC(C)C)cc(OCCC(F)(F)F)n1. The Kier molecular flexibility index (Phi) is 5.60. The standard InChI is InChI=1S/C13H19F3N2O/c1-9(2)17-8-11-6-10(3)18-12(7-11)19-5-4-13(14,15)16/h6-7,9,17H,4-5,8H2,1-3H3. The number of pyridine rings is 1. The summed E-state index contributed by atoms with van der Waals surface area (Å²) in [5.74, 6) is 0.241. The summed E-state index contributed by atoms with van der Waals surface area (Å²) in [5.41, 5.74) is 1.67. The molecule has 0 unspecified atom stereocenters. The second kappa shape index (κ2) is 6.75. The zero-order valence-corrected chi connectivity index (χ0v) is 11.3. The van der Waals surface area contributed by atoms with Crippen LogP contribution in [0.2, 0.25) is 0 Å². The molecular formula is C13H19F3N2O. The fourth-order valence-corrected chi connectivity index (χ4v) is 1.48. The maximum absolute atomic E-state index is 12.0. The molecule has 1 N–H and O–H groups in total. The van der Waals surface area contributed by atoms with Crippen molar-refractivity contribution in [3.8, 4) is 5.88 Å². The quantitative estimate of drug-likeness (QED) is 0.866. The molecular weight excluding hydrogens is 257 g/mol. The Bertz CT molecular complexity index is 405. The lowest BCUT2D eigenvalue weighted by atomic mass is 10.2. The third-order valence-electron chi connectivity index (χ3n) is 2.34. The van der Waals surface area contributed by atoms with Gasteiger partial charge in [-0.1, -0.05) is 13.8 Å². The molecule has 0 saturated carbocycles. The summed E-state index contributed by atoms with van der Waals surface area (Å²) in [6.07, 6.45) is -5.17. The van der Waals surface area contributed by atoms with Crippen molar-refractivity contribution in [3.05, 3.63) is 23.4 Å². The van der Waals surface area contributed by atoms with Gasteiger partial charge >= 0.3 is 6.18 Å². The molecule has 0 aliphatic carbocycles. The van der Waals surface area contributed by atoms with Crippen molar-refractivity contribution in [2.24, 2.45) is 0 Å². The summed E-state index contributed by atoms with van der Waals surface area (Å²) in [6.45, 7) is 6.06. The summed E-state index contributed by atoms with van der Waals surface area (Å²) < 4.78 is 41.1. The molecule has 0 amide bonds. The van der Waals surface area contributed by atoms with Crippen LogP contribution in [0.25, 0.3) is 0 Å². The van der Waals surface area contributed by atoms with Gasteiger partial charge in [-0.25, -0.2) is 4.98 Å². The monoisotopic (exact) mass is 276 g/mol. The van der Waals surface area contributed by atoms with Crippen molar-refractivity contribution in [2.45, 2.75) is 46.0 Å². The van der Waals surface area contributed by atoms with Gasteiger partial charge in [-0.05, 0) is 18.6 Å². The minimum absolute atomic E-state index is 0.241. The molecule has 1 aromatic heterocycles. The largest absolute Gasteiger partial charge is 0.477 e. The zero-order valence-electron chi connectivity index (χ0n) is 11.3. The third-order valence-corrected chi connectivity index (χ3v) is 2.34. The maximum Gasteiger partial charge on any atom is 0.392 e. The molecule has 1 aromatic rings. The predicted octanol–water partition coefficient (Wildman–Crippen LogP) is 3.22. The smallest absolute Gasteiger partial charge is 0.392 e. The molecule has 1 rings (SSSR count). The second-order valence-corrected chi connectivity index (χ2v) is 4.70. The first-order chi connectivity index (χ1) is 8.76. The highest BCUT2D eigenvalue weighted by molar-refractivity contribution is 5.24. The van der Waals surface area contributed by atoms with Crippen LogP contribution in [0.1, 0.15) is 31.5 Å². The fourth-order valence-electron chi connectivity index (χ4n) is 1.48. The van der Waals surface area contributed by atoms with Crippen LogP contribution < -0.4 is 10.1 Å².